The second-order valence-electron chi connectivity index (χ2n) is 6.00. The van der Waals surface area contributed by atoms with Crippen molar-refractivity contribution < 1.29 is 14.3 Å². The average molecular weight is 338 g/mol. The first-order valence-corrected chi connectivity index (χ1v) is 8.60. The standard InChI is InChI=1S/C20H22N2O3/c1-2-3-10-15-25-20(16-11-6-4-7-12-16)18(23)21-19(24)22(20)17-13-8-5-9-14-17/h4-9,11-14H,2-3,10,15H2,1H3,(H,21,23,24). The predicted octanol–water partition coefficient (Wildman–Crippen LogP) is 3.80. The molecular weight excluding hydrogens is 316 g/mol. The van der Waals surface area contributed by atoms with Gasteiger partial charge < -0.3 is 4.74 Å². The minimum atomic E-state index is -1.48. The number of benzene rings is 2. The van der Waals surface area contributed by atoms with E-state index >= 15 is 0 Å². The third-order valence-electron chi connectivity index (χ3n) is 4.28. The van der Waals surface area contributed by atoms with Gasteiger partial charge in [0.2, 0.25) is 0 Å². The highest BCUT2D eigenvalue weighted by Gasteiger charge is 2.56. The number of carbonyl (C=O) groups is 2. The zero-order valence-corrected chi connectivity index (χ0v) is 14.3. The molecule has 1 aliphatic rings. The summed E-state index contributed by atoms with van der Waals surface area (Å²) in [5, 5.41) is 2.42. The monoisotopic (exact) mass is 338 g/mol. The van der Waals surface area contributed by atoms with E-state index in [4.69, 9.17) is 4.74 Å². The second-order valence-corrected chi connectivity index (χ2v) is 6.00. The first-order valence-electron chi connectivity index (χ1n) is 8.60. The van der Waals surface area contributed by atoms with Crippen LogP contribution < -0.4 is 10.2 Å². The van der Waals surface area contributed by atoms with Gasteiger partial charge in [-0.15, -0.1) is 0 Å². The number of nitrogens with zero attached hydrogens (tertiary/aromatic N) is 1. The summed E-state index contributed by atoms with van der Waals surface area (Å²) in [4.78, 5) is 26.8. The van der Waals surface area contributed by atoms with Gasteiger partial charge in [-0.1, -0.05) is 68.3 Å². The highest BCUT2D eigenvalue weighted by Crippen LogP contribution is 2.38. The molecule has 1 saturated heterocycles. The molecule has 1 unspecified atom stereocenters. The first kappa shape index (κ1) is 17.2. The van der Waals surface area contributed by atoms with E-state index in [1.54, 1.807) is 12.1 Å². The zero-order valence-electron chi connectivity index (χ0n) is 14.3. The Bertz CT molecular complexity index is 733. The maximum absolute atomic E-state index is 12.9. The Kier molecular flexibility index (Phi) is 5.14. The number of unbranched alkanes of at least 4 members (excludes halogenated alkanes) is 2. The first-order chi connectivity index (χ1) is 12.2. The lowest BCUT2D eigenvalue weighted by Crippen LogP contribution is -2.49. The lowest BCUT2D eigenvalue weighted by atomic mass is 10.0. The predicted molar refractivity (Wildman–Crippen MR) is 96.1 cm³/mol. The molecule has 1 N–H and O–H groups in total. The number of anilines is 1. The fraction of sp³-hybridized carbons (Fsp3) is 0.300. The Morgan fingerprint density at radius 1 is 0.960 bits per heavy atom. The van der Waals surface area contributed by atoms with Crippen molar-refractivity contribution >= 4 is 17.6 Å². The maximum atomic E-state index is 12.9. The molecule has 25 heavy (non-hydrogen) atoms. The number of imide groups is 1. The molecule has 0 saturated carbocycles. The molecule has 0 spiro atoms. The Hall–Kier alpha value is -2.66. The summed E-state index contributed by atoms with van der Waals surface area (Å²) in [6, 6.07) is 17.8. The third kappa shape index (κ3) is 3.15. The van der Waals surface area contributed by atoms with Crippen LogP contribution in [0.15, 0.2) is 60.7 Å². The maximum Gasteiger partial charge on any atom is 0.331 e. The summed E-state index contributed by atoms with van der Waals surface area (Å²) in [6.45, 7) is 2.50. The number of nitrogens with one attached hydrogen (secondary N) is 1. The number of amides is 3. The summed E-state index contributed by atoms with van der Waals surface area (Å²) in [5.41, 5.74) is -0.225. The number of hydrogen-bond acceptors (Lipinski definition) is 3. The van der Waals surface area contributed by atoms with Crippen LogP contribution in [0.3, 0.4) is 0 Å². The molecule has 0 aromatic heterocycles. The van der Waals surface area contributed by atoms with Crippen LogP contribution in [0.1, 0.15) is 31.7 Å². The lowest BCUT2D eigenvalue weighted by Gasteiger charge is -2.35. The number of rotatable bonds is 7. The summed E-state index contributed by atoms with van der Waals surface area (Å²) < 4.78 is 6.12. The molecule has 2 aromatic rings. The molecule has 0 radical (unpaired) electrons. The van der Waals surface area contributed by atoms with Crippen LogP contribution in [0, 0.1) is 0 Å². The molecule has 130 valence electrons. The second kappa shape index (κ2) is 7.49. The van der Waals surface area contributed by atoms with Crippen LogP contribution in [0.4, 0.5) is 10.5 Å². The van der Waals surface area contributed by atoms with Crippen LogP contribution in [0.2, 0.25) is 0 Å². The van der Waals surface area contributed by atoms with E-state index in [1.807, 2.05) is 48.5 Å². The van der Waals surface area contributed by atoms with Gasteiger partial charge >= 0.3 is 6.03 Å². The van der Waals surface area contributed by atoms with Crippen molar-refractivity contribution in [3.05, 3.63) is 66.2 Å². The molecule has 0 bridgehead atoms. The van der Waals surface area contributed by atoms with Crippen molar-refractivity contribution in [3.63, 3.8) is 0 Å². The molecular formula is C20H22N2O3. The summed E-state index contributed by atoms with van der Waals surface area (Å²) >= 11 is 0. The van der Waals surface area contributed by atoms with Crippen LogP contribution in [-0.4, -0.2) is 18.5 Å². The largest absolute Gasteiger partial charge is 0.343 e. The van der Waals surface area contributed by atoms with Gasteiger partial charge in [0.25, 0.3) is 11.6 Å². The van der Waals surface area contributed by atoms with E-state index in [2.05, 4.69) is 12.2 Å². The number of ether oxygens (including phenoxy) is 1. The van der Waals surface area contributed by atoms with Crippen molar-refractivity contribution in [2.24, 2.45) is 0 Å². The van der Waals surface area contributed by atoms with Gasteiger partial charge in [0.15, 0.2) is 0 Å². The van der Waals surface area contributed by atoms with Crippen molar-refractivity contribution in [2.45, 2.75) is 31.9 Å². The quantitative estimate of drug-likeness (QED) is 0.617. The topological polar surface area (TPSA) is 58.6 Å². The third-order valence-corrected chi connectivity index (χ3v) is 4.28. The van der Waals surface area contributed by atoms with Gasteiger partial charge in [0.05, 0.1) is 6.61 Å². The van der Waals surface area contributed by atoms with E-state index in [-0.39, 0.29) is 0 Å². The highest BCUT2D eigenvalue weighted by molar-refractivity contribution is 6.16. The smallest absolute Gasteiger partial charge is 0.331 e. The molecule has 3 amide bonds. The lowest BCUT2D eigenvalue weighted by molar-refractivity contribution is -0.143. The molecule has 1 heterocycles. The summed E-state index contributed by atoms with van der Waals surface area (Å²) in [6.07, 6.45) is 2.89. The number of urea groups is 1. The number of hydrogen-bond donors (Lipinski definition) is 1. The van der Waals surface area contributed by atoms with E-state index in [0.717, 1.165) is 19.3 Å². The summed E-state index contributed by atoms with van der Waals surface area (Å²) in [5.74, 6) is -0.455. The van der Waals surface area contributed by atoms with Gasteiger partial charge in [-0.2, -0.15) is 0 Å². The Morgan fingerprint density at radius 3 is 2.24 bits per heavy atom. The minimum Gasteiger partial charge on any atom is -0.343 e. The minimum absolute atomic E-state index is 0.396. The van der Waals surface area contributed by atoms with Gasteiger partial charge in [-0.05, 0) is 18.6 Å². The molecule has 1 fully saturated rings. The van der Waals surface area contributed by atoms with Crippen molar-refractivity contribution in [1.82, 2.24) is 5.32 Å². The van der Waals surface area contributed by atoms with Crippen LogP contribution in [-0.2, 0) is 15.3 Å². The van der Waals surface area contributed by atoms with Gasteiger partial charge in [0, 0.05) is 11.3 Å². The normalized spacial score (nSPS) is 20.0. The Balaban J connectivity index is 2.06. The van der Waals surface area contributed by atoms with Gasteiger partial charge in [0.1, 0.15) is 0 Å². The van der Waals surface area contributed by atoms with Crippen molar-refractivity contribution in [2.75, 3.05) is 11.5 Å². The Labute approximate surface area is 147 Å². The van der Waals surface area contributed by atoms with Crippen LogP contribution >= 0.6 is 0 Å². The SMILES string of the molecule is CCCCCOC1(c2ccccc2)C(=O)NC(=O)N1c1ccccc1. The van der Waals surface area contributed by atoms with Crippen molar-refractivity contribution in [3.8, 4) is 0 Å². The molecule has 5 heteroatoms. The van der Waals surface area contributed by atoms with E-state index in [1.165, 1.54) is 4.90 Å². The number of para-hydroxylation sites is 1. The van der Waals surface area contributed by atoms with Crippen LogP contribution in [0.5, 0.6) is 0 Å². The summed E-state index contributed by atoms with van der Waals surface area (Å²) in [7, 11) is 0. The van der Waals surface area contributed by atoms with Gasteiger partial charge in [-0.25, -0.2) is 4.79 Å². The fourth-order valence-corrected chi connectivity index (χ4v) is 3.07. The molecule has 2 aromatic carbocycles. The number of carbonyl (C=O) groups excluding carboxylic acids is 2. The van der Waals surface area contributed by atoms with E-state index < -0.39 is 17.7 Å². The molecule has 1 atom stereocenters. The molecule has 5 nitrogen and oxygen atoms in total. The highest BCUT2D eigenvalue weighted by atomic mass is 16.5. The molecule has 1 aliphatic heterocycles. The van der Waals surface area contributed by atoms with E-state index in [9.17, 15) is 9.59 Å². The molecule has 0 aliphatic carbocycles. The Morgan fingerprint density at radius 2 is 1.60 bits per heavy atom. The fourth-order valence-electron chi connectivity index (χ4n) is 3.07. The molecule has 3 rings (SSSR count). The van der Waals surface area contributed by atoms with Gasteiger partial charge in [-0.3, -0.25) is 15.0 Å². The van der Waals surface area contributed by atoms with Crippen molar-refractivity contribution in [1.29, 1.82) is 0 Å². The average Bonchev–Trinajstić information content (AvgIpc) is 2.91. The zero-order chi connectivity index (χ0) is 17.7. The van der Waals surface area contributed by atoms with E-state index in [0.29, 0.717) is 17.9 Å². The van der Waals surface area contributed by atoms with Crippen LogP contribution in [0.25, 0.3) is 0 Å².